The van der Waals surface area contributed by atoms with Crippen molar-refractivity contribution in [2.75, 3.05) is 19.3 Å². The molecule has 1 heterocycles. The van der Waals surface area contributed by atoms with Crippen molar-refractivity contribution in [3.8, 4) is 5.75 Å². The largest absolute Gasteiger partial charge is 0.483 e. The number of hydrogen-bond acceptors (Lipinski definition) is 5. The van der Waals surface area contributed by atoms with E-state index in [1.54, 1.807) is 29.2 Å². The van der Waals surface area contributed by atoms with Crippen LogP contribution in [0.15, 0.2) is 42.1 Å². The molecule has 27 heavy (non-hydrogen) atoms. The van der Waals surface area contributed by atoms with Gasteiger partial charge in [0.2, 0.25) is 5.91 Å². The monoisotopic (exact) mass is 390 g/mol. The molecule has 1 amide bonds. The van der Waals surface area contributed by atoms with Crippen molar-refractivity contribution in [2.45, 2.75) is 31.1 Å². The first kappa shape index (κ1) is 19.4. The van der Waals surface area contributed by atoms with Crippen molar-refractivity contribution in [2.24, 2.45) is 5.92 Å². The van der Waals surface area contributed by atoms with Crippen molar-refractivity contribution >= 4 is 17.7 Å². The molecule has 0 N–H and O–H groups in total. The van der Waals surface area contributed by atoms with E-state index in [1.807, 2.05) is 11.6 Å². The highest BCUT2D eigenvalue weighted by Crippen LogP contribution is 2.29. The Bertz CT molecular complexity index is 807. The summed E-state index contributed by atoms with van der Waals surface area (Å²) in [7, 11) is 1.84. The highest BCUT2D eigenvalue weighted by atomic mass is 32.2. The minimum Gasteiger partial charge on any atom is -0.483 e. The molecular formula is C19H23FN4O2S. The number of aromatic nitrogens is 3. The van der Waals surface area contributed by atoms with E-state index in [1.165, 1.54) is 30.7 Å². The Kier molecular flexibility index (Phi) is 6.49. The first-order valence-corrected chi connectivity index (χ1v) is 9.84. The minimum absolute atomic E-state index is 0.0733. The molecule has 6 nitrogen and oxygen atoms in total. The van der Waals surface area contributed by atoms with Gasteiger partial charge in [0.1, 0.15) is 6.61 Å². The first-order chi connectivity index (χ1) is 13.1. The summed E-state index contributed by atoms with van der Waals surface area (Å²) in [4.78, 5) is 14.0. The molecule has 1 aliphatic rings. The molecule has 1 saturated carbocycles. The Hall–Kier alpha value is -2.35. The van der Waals surface area contributed by atoms with Crippen molar-refractivity contribution in [1.29, 1.82) is 0 Å². The SMILES string of the molecule is C=CCn1c(COc2ccccc2F)nnc1SCC(=O)N(C)CC1CC1. The standard InChI is InChI=1S/C19H23FN4O2S/c1-3-10-24-17(12-26-16-7-5-4-6-15(16)20)21-22-19(24)27-13-18(25)23(2)11-14-8-9-14/h3-7,14H,1,8-13H2,2H3. The fourth-order valence-electron chi connectivity index (χ4n) is 2.58. The van der Waals surface area contributed by atoms with Gasteiger partial charge in [-0.3, -0.25) is 9.36 Å². The van der Waals surface area contributed by atoms with Gasteiger partial charge >= 0.3 is 0 Å². The summed E-state index contributed by atoms with van der Waals surface area (Å²) < 4.78 is 21.0. The molecule has 3 rings (SSSR count). The summed E-state index contributed by atoms with van der Waals surface area (Å²) >= 11 is 1.34. The molecule has 0 saturated heterocycles. The van der Waals surface area contributed by atoms with Gasteiger partial charge < -0.3 is 9.64 Å². The molecule has 0 spiro atoms. The van der Waals surface area contributed by atoms with Crippen LogP contribution in [0.25, 0.3) is 0 Å². The lowest BCUT2D eigenvalue weighted by Crippen LogP contribution is -2.30. The normalized spacial score (nSPS) is 13.4. The van der Waals surface area contributed by atoms with Gasteiger partial charge in [-0.25, -0.2) is 4.39 Å². The van der Waals surface area contributed by atoms with Crippen LogP contribution in [-0.4, -0.2) is 44.9 Å². The smallest absolute Gasteiger partial charge is 0.232 e. The fraction of sp³-hybridized carbons (Fsp3) is 0.421. The number of benzene rings is 1. The molecule has 1 aromatic carbocycles. The molecule has 2 aromatic rings. The molecule has 0 atom stereocenters. The van der Waals surface area contributed by atoms with Gasteiger partial charge in [0, 0.05) is 20.1 Å². The van der Waals surface area contributed by atoms with Gasteiger partial charge in [-0.2, -0.15) is 0 Å². The summed E-state index contributed by atoms with van der Waals surface area (Å²) in [5, 5.41) is 8.91. The molecule has 0 unspecified atom stereocenters. The van der Waals surface area contributed by atoms with Crippen LogP contribution < -0.4 is 4.74 Å². The third-order valence-corrected chi connectivity index (χ3v) is 5.23. The second-order valence-corrected chi connectivity index (χ2v) is 7.47. The van der Waals surface area contributed by atoms with Gasteiger partial charge in [0.15, 0.2) is 22.5 Å². The number of hydrogen-bond donors (Lipinski definition) is 0. The summed E-state index contributed by atoms with van der Waals surface area (Å²) in [6.07, 6.45) is 4.15. The molecule has 1 aromatic heterocycles. The predicted octanol–water partition coefficient (Wildman–Crippen LogP) is 3.14. The Morgan fingerprint density at radius 3 is 2.93 bits per heavy atom. The Balaban J connectivity index is 1.61. The Labute approximate surface area is 162 Å². The van der Waals surface area contributed by atoms with Crippen LogP contribution in [0.2, 0.25) is 0 Å². The highest BCUT2D eigenvalue weighted by molar-refractivity contribution is 7.99. The predicted molar refractivity (Wildman–Crippen MR) is 102 cm³/mol. The molecular weight excluding hydrogens is 367 g/mol. The zero-order valence-corrected chi connectivity index (χ0v) is 16.1. The quantitative estimate of drug-likeness (QED) is 0.461. The van der Waals surface area contributed by atoms with Crippen molar-refractivity contribution < 1.29 is 13.9 Å². The van der Waals surface area contributed by atoms with Crippen LogP contribution in [-0.2, 0) is 17.9 Å². The number of rotatable bonds is 10. The van der Waals surface area contributed by atoms with Gasteiger partial charge in [-0.1, -0.05) is 30.0 Å². The van der Waals surface area contributed by atoms with Crippen LogP contribution in [0, 0.1) is 11.7 Å². The average molecular weight is 390 g/mol. The van der Waals surface area contributed by atoms with E-state index in [0.29, 0.717) is 29.2 Å². The number of para-hydroxylation sites is 1. The topological polar surface area (TPSA) is 60.2 Å². The zero-order chi connectivity index (χ0) is 19.2. The van der Waals surface area contributed by atoms with E-state index in [-0.39, 0.29) is 18.3 Å². The van der Waals surface area contributed by atoms with E-state index in [2.05, 4.69) is 16.8 Å². The van der Waals surface area contributed by atoms with E-state index >= 15 is 0 Å². The third-order valence-electron chi connectivity index (χ3n) is 4.28. The number of allylic oxidation sites excluding steroid dienone is 1. The molecule has 1 fully saturated rings. The number of nitrogens with zero attached hydrogens (tertiary/aromatic N) is 4. The second-order valence-electron chi connectivity index (χ2n) is 6.52. The number of thioether (sulfide) groups is 1. The minimum atomic E-state index is -0.425. The van der Waals surface area contributed by atoms with Crippen molar-refractivity contribution in [3.05, 3.63) is 48.6 Å². The summed E-state index contributed by atoms with van der Waals surface area (Å²) in [6.45, 7) is 5.14. The van der Waals surface area contributed by atoms with Crippen LogP contribution in [0.1, 0.15) is 18.7 Å². The van der Waals surface area contributed by atoms with Crippen LogP contribution in [0.4, 0.5) is 4.39 Å². The van der Waals surface area contributed by atoms with Crippen molar-refractivity contribution in [3.63, 3.8) is 0 Å². The first-order valence-electron chi connectivity index (χ1n) is 8.85. The summed E-state index contributed by atoms with van der Waals surface area (Å²) in [5.41, 5.74) is 0. The van der Waals surface area contributed by atoms with E-state index in [9.17, 15) is 9.18 Å². The number of halogens is 1. The Morgan fingerprint density at radius 2 is 2.22 bits per heavy atom. The molecule has 0 radical (unpaired) electrons. The van der Waals surface area contributed by atoms with E-state index in [0.717, 1.165) is 6.54 Å². The lowest BCUT2D eigenvalue weighted by atomic mass is 10.3. The van der Waals surface area contributed by atoms with E-state index < -0.39 is 5.82 Å². The third kappa shape index (κ3) is 5.32. The molecule has 8 heteroatoms. The maximum Gasteiger partial charge on any atom is 0.232 e. The lowest BCUT2D eigenvalue weighted by molar-refractivity contribution is -0.127. The number of carbonyl (C=O) groups is 1. The van der Waals surface area contributed by atoms with Gasteiger partial charge in [-0.15, -0.1) is 16.8 Å². The summed E-state index contributed by atoms with van der Waals surface area (Å²) in [6, 6.07) is 6.22. The second kappa shape index (κ2) is 9.03. The lowest BCUT2D eigenvalue weighted by Gasteiger charge is -2.16. The Morgan fingerprint density at radius 1 is 1.44 bits per heavy atom. The fourth-order valence-corrected chi connectivity index (χ4v) is 3.48. The number of amides is 1. The van der Waals surface area contributed by atoms with Crippen LogP contribution in [0.3, 0.4) is 0 Å². The molecule has 0 bridgehead atoms. The van der Waals surface area contributed by atoms with E-state index in [4.69, 9.17) is 4.74 Å². The van der Waals surface area contributed by atoms with Crippen LogP contribution in [0.5, 0.6) is 5.75 Å². The van der Waals surface area contributed by atoms with Crippen LogP contribution >= 0.6 is 11.8 Å². The maximum absolute atomic E-state index is 13.7. The number of carbonyl (C=O) groups excluding carboxylic acids is 1. The van der Waals surface area contributed by atoms with Gasteiger partial charge in [0.25, 0.3) is 0 Å². The molecule has 1 aliphatic carbocycles. The van der Waals surface area contributed by atoms with Crippen molar-refractivity contribution in [1.82, 2.24) is 19.7 Å². The average Bonchev–Trinajstić information content (AvgIpc) is 3.40. The maximum atomic E-state index is 13.7. The highest BCUT2D eigenvalue weighted by Gasteiger charge is 2.25. The zero-order valence-electron chi connectivity index (χ0n) is 15.3. The summed E-state index contributed by atoms with van der Waals surface area (Å²) in [5.74, 6) is 1.33. The van der Waals surface area contributed by atoms with Gasteiger partial charge in [-0.05, 0) is 30.9 Å². The number of ether oxygens (including phenoxy) is 1. The molecule has 144 valence electrons. The van der Waals surface area contributed by atoms with Gasteiger partial charge in [0.05, 0.1) is 5.75 Å². The molecule has 0 aliphatic heterocycles.